The molecule has 1 saturated carbocycles. The Bertz CT molecular complexity index is 338. The van der Waals surface area contributed by atoms with Gasteiger partial charge < -0.3 is 5.32 Å². The van der Waals surface area contributed by atoms with Gasteiger partial charge in [0.2, 0.25) is 0 Å². The van der Waals surface area contributed by atoms with Crippen molar-refractivity contribution >= 4 is 10.2 Å². The highest BCUT2D eigenvalue weighted by Gasteiger charge is 2.37. The van der Waals surface area contributed by atoms with Crippen molar-refractivity contribution in [1.29, 1.82) is 0 Å². The number of nitrogens with zero attached hydrogens (tertiary/aromatic N) is 2. The first-order valence-corrected chi connectivity index (χ1v) is 7.87. The summed E-state index contributed by atoms with van der Waals surface area (Å²) in [5, 5.41) is 3.23. The van der Waals surface area contributed by atoms with Gasteiger partial charge in [-0.1, -0.05) is 0 Å². The summed E-state index contributed by atoms with van der Waals surface area (Å²) in [6.07, 6.45) is 3.23. The molecule has 6 heteroatoms. The molecule has 0 bridgehead atoms. The lowest BCUT2D eigenvalue weighted by Gasteiger charge is -2.30. The Hall–Kier alpha value is -0.170. The van der Waals surface area contributed by atoms with Crippen LogP contribution in [0.15, 0.2) is 0 Å². The molecule has 1 atom stereocenters. The van der Waals surface area contributed by atoms with Gasteiger partial charge in [-0.2, -0.15) is 17.0 Å². The van der Waals surface area contributed by atoms with Crippen molar-refractivity contribution in [2.45, 2.75) is 32.2 Å². The van der Waals surface area contributed by atoms with Crippen molar-refractivity contribution in [1.82, 2.24) is 13.9 Å². The second-order valence-electron chi connectivity index (χ2n) is 5.10. The predicted octanol–water partition coefficient (Wildman–Crippen LogP) is 0.257. The minimum atomic E-state index is -3.26. The van der Waals surface area contributed by atoms with E-state index in [-0.39, 0.29) is 6.04 Å². The molecule has 0 spiro atoms. The minimum Gasteiger partial charge on any atom is -0.315 e. The summed E-state index contributed by atoms with van der Waals surface area (Å²) in [6, 6.07) is 0.135. The normalized spacial score (nSPS) is 25.8. The third-order valence-electron chi connectivity index (χ3n) is 3.87. The van der Waals surface area contributed by atoms with Crippen molar-refractivity contribution in [3.63, 3.8) is 0 Å². The first-order chi connectivity index (χ1) is 8.03. The molecule has 1 aliphatic carbocycles. The van der Waals surface area contributed by atoms with E-state index in [2.05, 4.69) is 5.32 Å². The zero-order valence-corrected chi connectivity index (χ0v) is 11.5. The molecule has 1 heterocycles. The molecule has 2 aliphatic rings. The van der Waals surface area contributed by atoms with Crippen LogP contribution in [0.4, 0.5) is 0 Å². The molecule has 0 amide bonds. The summed E-state index contributed by atoms with van der Waals surface area (Å²) in [5.74, 6) is 0.569. The van der Waals surface area contributed by atoms with Crippen molar-refractivity contribution < 1.29 is 8.42 Å². The molecule has 1 aliphatic heterocycles. The largest absolute Gasteiger partial charge is 0.315 e. The molecule has 2 rings (SSSR count). The molecular weight excluding hydrogens is 238 g/mol. The van der Waals surface area contributed by atoms with E-state index in [1.807, 2.05) is 6.92 Å². The predicted molar refractivity (Wildman–Crippen MR) is 67.9 cm³/mol. The second kappa shape index (κ2) is 5.22. The Balaban J connectivity index is 2.04. The summed E-state index contributed by atoms with van der Waals surface area (Å²) in [6.45, 7) is 4.91. The van der Waals surface area contributed by atoms with Crippen LogP contribution in [0, 0.1) is 5.92 Å². The average Bonchev–Trinajstić information content (AvgIpc) is 3.12. The van der Waals surface area contributed by atoms with Crippen LogP contribution >= 0.6 is 0 Å². The van der Waals surface area contributed by atoms with E-state index >= 15 is 0 Å². The van der Waals surface area contributed by atoms with Crippen molar-refractivity contribution in [2.24, 2.45) is 5.92 Å². The highest BCUT2D eigenvalue weighted by atomic mass is 32.2. The van der Waals surface area contributed by atoms with E-state index in [9.17, 15) is 8.42 Å². The fourth-order valence-electron chi connectivity index (χ4n) is 2.32. The van der Waals surface area contributed by atoms with Gasteiger partial charge in [0.05, 0.1) is 0 Å². The van der Waals surface area contributed by atoms with E-state index in [0.717, 1.165) is 19.5 Å². The smallest absolute Gasteiger partial charge is 0.282 e. The molecule has 1 saturated heterocycles. The van der Waals surface area contributed by atoms with Crippen molar-refractivity contribution in [3.8, 4) is 0 Å². The number of hydrogen-bond acceptors (Lipinski definition) is 3. The van der Waals surface area contributed by atoms with Gasteiger partial charge in [-0.3, -0.25) is 0 Å². The average molecular weight is 261 g/mol. The molecule has 100 valence electrons. The maximum absolute atomic E-state index is 12.4. The third kappa shape index (κ3) is 2.99. The van der Waals surface area contributed by atoms with Crippen LogP contribution in [-0.4, -0.2) is 56.3 Å². The zero-order valence-electron chi connectivity index (χ0n) is 10.7. The van der Waals surface area contributed by atoms with E-state index in [1.165, 1.54) is 12.8 Å². The quantitative estimate of drug-likeness (QED) is 0.789. The van der Waals surface area contributed by atoms with Gasteiger partial charge in [-0.15, -0.1) is 0 Å². The SMILES string of the molecule is CC(C1CC1)N(C)S(=O)(=O)N1CCCNCC1. The zero-order chi connectivity index (χ0) is 12.5. The molecular formula is C11H23N3O2S. The van der Waals surface area contributed by atoms with Gasteiger partial charge in [0.15, 0.2) is 0 Å². The van der Waals surface area contributed by atoms with Crippen LogP contribution in [-0.2, 0) is 10.2 Å². The summed E-state index contributed by atoms with van der Waals surface area (Å²) < 4.78 is 28.1. The molecule has 17 heavy (non-hydrogen) atoms. The second-order valence-corrected chi connectivity index (χ2v) is 7.09. The molecule has 5 nitrogen and oxygen atoms in total. The van der Waals surface area contributed by atoms with Gasteiger partial charge in [0.1, 0.15) is 0 Å². The lowest BCUT2D eigenvalue weighted by Crippen LogP contribution is -2.47. The van der Waals surface area contributed by atoms with Crippen LogP contribution in [0.5, 0.6) is 0 Å². The highest BCUT2D eigenvalue weighted by molar-refractivity contribution is 7.86. The van der Waals surface area contributed by atoms with E-state index in [4.69, 9.17) is 0 Å². The maximum atomic E-state index is 12.4. The fraction of sp³-hybridized carbons (Fsp3) is 1.00. The van der Waals surface area contributed by atoms with Crippen LogP contribution in [0.1, 0.15) is 26.2 Å². The van der Waals surface area contributed by atoms with Crippen LogP contribution in [0.2, 0.25) is 0 Å². The topological polar surface area (TPSA) is 52.7 Å². The van der Waals surface area contributed by atoms with Crippen molar-refractivity contribution in [2.75, 3.05) is 33.2 Å². The van der Waals surface area contributed by atoms with Gasteiger partial charge in [-0.05, 0) is 38.6 Å². The van der Waals surface area contributed by atoms with E-state index in [0.29, 0.717) is 19.0 Å². The summed E-state index contributed by atoms with van der Waals surface area (Å²) in [4.78, 5) is 0. The standard InChI is InChI=1S/C11H23N3O2S/c1-10(11-4-5-11)13(2)17(15,16)14-8-3-6-12-7-9-14/h10-12H,3-9H2,1-2H3. The summed E-state index contributed by atoms with van der Waals surface area (Å²) in [7, 11) is -1.54. The fourth-order valence-corrected chi connectivity index (χ4v) is 3.96. The first-order valence-electron chi connectivity index (χ1n) is 6.47. The lowest BCUT2D eigenvalue weighted by atomic mass is 10.2. The van der Waals surface area contributed by atoms with Crippen LogP contribution in [0.25, 0.3) is 0 Å². The molecule has 1 N–H and O–H groups in total. The molecule has 0 radical (unpaired) electrons. The van der Waals surface area contributed by atoms with Gasteiger partial charge in [-0.25, -0.2) is 0 Å². The lowest BCUT2D eigenvalue weighted by molar-refractivity contribution is 0.313. The first kappa shape index (κ1) is 13.3. The summed E-state index contributed by atoms with van der Waals surface area (Å²) >= 11 is 0. The van der Waals surface area contributed by atoms with Gasteiger partial charge in [0.25, 0.3) is 10.2 Å². The van der Waals surface area contributed by atoms with E-state index in [1.54, 1.807) is 15.7 Å². The molecule has 0 aromatic heterocycles. The molecule has 2 fully saturated rings. The van der Waals surface area contributed by atoms with Gasteiger partial charge >= 0.3 is 0 Å². The molecule has 0 aromatic rings. The van der Waals surface area contributed by atoms with Crippen LogP contribution in [0.3, 0.4) is 0 Å². The highest BCUT2D eigenvalue weighted by Crippen LogP contribution is 2.35. The molecule has 0 aromatic carbocycles. The molecule has 1 unspecified atom stereocenters. The number of nitrogens with one attached hydrogen (secondary N) is 1. The Morgan fingerprint density at radius 2 is 2.00 bits per heavy atom. The Kier molecular flexibility index (Phi) is 4.07. The van der Waals surface area contributed by atoms with Crippen LogP contribution < -0.4 is 5.32 Å². The Morgan fingerprint density at radius 3 is 2.65 bits per heavy atom. The number of hydrogen-bond donors (Lipinski definition) is 1. The maximum Gasteiger partial charge on any atom is 0.282 e. The van der Waals surface area contributed by atoms with Gasteiger partial charge in [0, 0.05) is 32.7 Å². The monoisotopic (exact) mass is 261 g/mol. The van der Waals surface area contributed by atoms with Crippen molar-refractivity contribution in [3.05, 3.63) is 0 Å². The summed E-state index contributed by atoms with van der Waals surface area (Å²) in [5.41, 5.74) is 0. The Morgan fingerprint density at radius 1 is 1.29 bits per heavy atom. The number of rotatable bonds is 4. The Labute approximate surface area is 104 Å². The minimum absolute atomic E-state index is 0.135. The third-order valence-corrected chi connectivity index (χ3v) is 5.95. The van der Waals surface area contributed by atoms with E-state index < -0.39 is 10.2 Å².